The SMILES string of the molecule is Cn1c(C(F)(F)F)c2cnc3[nH]ccc3n21. The van der Waals surface area contributed by atoms with Gasteiger partial charge in [0.05, 0.1) is 6.20 Å². The van der Waals surface area contributed by atoms with Crippen LogP contribution in [0, 0.1) is 0 Å². The van der Waals surface area contributed by atoms with Gasteiger partial charge in [-0.3, -0.25) is 4.68 Å². The summed E-state index contributed by atoms with van der Waals surface area (Å²) in [6, 6.07) is 1.69. The van der Waals surface area contributed by atoms with Crippen LogP contribution in [0.3, 0.4) is 0 Å². The summed E-state index contributed by atoms with van der Waals surface area (Å²) in [6.45, 7) is 0. The van der Waals surface area contributed by atoms with E-state index in [-0.39, 0.29) is 5.52 Å². The molecule has 3 rings (SSSR count). The highest BCUT2D eigenvalue weighted by Gasteiger charge is 2.39. The van der Waals surface area contributed by atoms with Crippen molar-refractivity contribution >= 4 is 16.7 Å². The predicted molar refractivity (Wildman–Crippen MR) is 51.0 cm³/mol. The Morgan fingerprint density at radius 2 is 2.06 bits per heavy atom. The van der Waals surface area contributed by atoms with Crippen LogP contribution in [0.4, 0.5) is 13.2 Å². The second-order valence-corrected chi connectivity index (χ2v) is 3.54. The number of aromatic nitrogens is 4. The maximum absolute atomic E-state index is 12.6. The minimum atomic E-state index is -4.35. The Bertz CT molecular complexity index is 670. The molecule has 7 heteroatoms. The second kappa shape index (κ2) is 2.60. The van der Waals surface area contributed by atoms with Crippen molar-refractivity contribution in [2.24, 2.45) is 7.05 Å². The first kappa shape index (κ1) is 9.32. The summed E-state index contributed by atoms with van der Waals surface area (Å²) in [7, 11) is 1.38. The van der Waals surface area contributed by atoms with Crippen LogP contribution in [0.15, 0.2) is 18.5 Å². The van der Waals surface area contributed by atoms with E-state index in [4.69, 9.17) is 0 Å². The molecule has 4 nitrogen and oxygen atoms in total. The Morgan fingerprint density at radius 1 is 1.31 bits per heavy atom. The highest BCUT2D eigenvalue weighted by atomic mass is 19.4. The van der Waals surface area contributed by atoms with Crippen molar-refractivity contribution in [3.8, 4) is 0 Å². The molecule has 0 bridgehead atoms. The van der Waals surface area contributed by atoms with Gasteiger partial charge in [-0.05, 0) is 6.07 Å². The van der Waals surface area contributed by atoms with Crippen molar-refractivity contribution in [1.82, 2.24) is 19.2 Å². The van der Waals surface area contributed by atoms with E-state index in [1.807, 2.05) is 0 Å². The number of hydrogen-bond acceptors (Lipinski definition) is 1. The van der Waals surface area contributed by atoms with Gasteiger partial charge in [-0.15, -0.1) is 0 Å². The van der Waals surface area contributed by atoms with Crippen LogP contribution in [-0.4, -0.2) is 19.2 Å². The lowest BCUT2D eigenvalue weighted by Crippen LogP contribution is -2.27. The number of hydrogen-bond donors (Lipinski definition) is 1. The zero-order chi connectivity index (χ0) is 11.5. The van der Waals surface area contributed by atoms with E-state index in [2.05, 4.69) is 9.97 Å². The van der Waals surface area contributed by atoms with Gasteiger partial charge in [0.15, 0.2) is 11.3 Å². The van der Waals surface area contributed by atoms with Crippen LogP contribution in [0.25, 0.3) is 16.7 Å². The topological polar surface area (TPSA) is 38.0 Å². The Labute approximate surface area is 87.3 Å². The molecule has 0 atom stereocenters. The third-order valence-corrected chi connectivity index (χ3v) is 2.61. The molecule has 3 aromatic rings. The van der Waals surface area contributed by atoms with Crippen LogP contribution in [0.1, 0.15) is 5.69 Å². The van der Waals surface area contributed by atoms with Gasteiger partial charge in [0.2, 0.25) is 0 Å². The second-order valence-electron chi connectivity index (χ2n) is 3.54. The Balaban J connectivity index is 2.41. The van der Waals surface area contributed by atoms with E-state index >= 15 is 0 Å². The highest BCUT2D eigenvalue weighted by molar-refractivity contribution is 5.76. The van der Waals surface area contributed by atoms with Gasteiger partial charge in [0.1, 0.15) is 11.0 Å². The van der Waals surface area contributed by atoms with Crippen molar-refractivity contribution in [3.63, 3.8) is 0 Å². The molecule has 0 aliphatic carbocycles. The van der Waals surface area contributed by atoms with E-state index in [1.54, 1.807) is 12.3 Å². The van der Waals surface area contributed by atoms with Crippen molar-refractivity contribution < 1.29 is 13.2 Å². The minimum absolute atomic E-state index is 0.0853. The molecule has 84 valence electrons. The van der Waals surface area contributed by atoms with Gasteiger partial charge >= 0.3 is 6.18 Å². The number of nitrogens with zero attached hydrogens (tertiary/aromatic N) is 3. The number of aryl methyl sites for hydroxylation is 1. The molecule has 0 fully saturated rings. The van der Waals surface area contributed by atoms with E-state index in [0.717, 1.165) is 4.68 Å². The number of halogens is 3. The van der Waals surface area contributed by atoms with E-state index in [1.165, 1.54) is 17.8 Å². The largest absolute Gasteiger partial charge is 0.435 e. The zero-order valence-corrected chi connectivity index (χ0v) is 8.21. The quantitative estimate of drug-likeness (QED) is 0.629. The summed E-state index contributed by atoms with van der Waals surface area (Å²) in [5, 5.41) is 0. The minimum Gasteiger partial charge on any atom is -0.345 e. The molecular weight excluding hydrogens is 221 g/mol. The van der Waals surface area contributed by atoms with Crippen LogP contribution in [0.5, 0.6) is 0 Å². The number of rotatable bonds is 0. The summed E-state index contributed by atoms with van der Waals surface area (Å²) in [6.07, 6.45) is -1.48. The Morgan fingerprint density at radius 3 is 2.75 bits per heavy atom. The van der Waals surface area contributed by atoms with Gasteiger partial charge < -0.3 is 4.98 Å². The van der Waals surface area contributed by atoms with Crippen molar-refractivity contribution in [3.05, 3.63) is 24.2 Å². The van der Waals surface area contributed by atoms with E-state index in [9.17, 15) is 13.2 Å². The molecule has 0 spiro atoms. The maximum atomic E-state index is 12.6. The fraction of sp³-hybridized carbons (Fsp3) is 0.222. The fourth-order valence-electron chi connectivity index (χ4n) is 1.97. The molecule has 3 heterocycles. The number of alkyl halides is 3. The third-order valence-electron chi connectivity index (χ3n) is 2.61. The van der Waals surface area contributed by atoms with Crippen molar-refractivity contribution in [2.45, 2.75) is 6.18 Å². The normalized spacial score (nSPS) is 13.0. The molecule has 0 amide bonds. The number of nitrogens with one attached hydrogen (secondary N) is 1. The summed E-state index contributed by atoms with van der Waals surface area (Å²) in [4.78, 5) is 6.77. The molecule has 0 saturated carbocycles. The highest BCUT2D eigenvalue weighted by Crippen LogP contribution is 2.35. The monoisotopic (exact) mass is 228 g/mol. The lowest BCUT2D eigenvalue weighted by atomic mass is 10.3. The van der Waals surface area contributed by atoms with Crippen molar-refractivity contribution in [1.29, 1.82) is 0 Å². The van der Waals surface area contributed by atoms with Crippen LogP contribution < -0.4 is 0 Å². The molecule has 0 unspecified atom stereocenters. The maximum Gasteiger partial charge on any atom is 0.435 e. The zero-order valence-electron chi connectivity index (χ0n) is 8.21. The first-order chi connectivity index (χ1) is 7.50. The molecule has 16 heavy (non-hydrogen) atoms. The molecule has 1 N–H and O–H groups in total. The number of fused-ring (bicyclic) bond motifs is 3. The lowest BCUT2D eigenvalue weighted by molar-refractivity contribution is -0.145. The fourth-order valence-corrected chi connectivity index (χ4v) is 1.97. The van der Waals surface area contributed by atoms with Gasteiger partial charge in [0.25, 0.3) is 0 Å². The van der Waals surface area contributed by atoms with E-state index < -0.39 is 11.9 Å². The first-order valence-corrected chi connectivity index (χ1v) is 4.57. The Kier molecular flexibility index (Phi) is 1.52. The lowest BCUT2D eigenvalue weighted by Gasteiger charge is -2.23. The van der Waals surface area contributed by atoms with Gasteiger partial charge in [-0.2, -0.15) is 13.2 Å². The Hall–Kier alpha value is -1.92. The molecule has 0 aromatic carbocycles. The van der Waals surface area contributed by atoms with Crippen LogP contribution in [0.2, 0.25) is 0 Å². The van der Waals surface area contributed by atoms with Crippen LogP contribution >= 0.6 is 0 Å². The predicted octanol–water partition coefficient (Wildman–Crippen LogP) is 2.17. The standard InChI is InChI=1S/C9H7F3N4/c1-15-7(9(10,11)12)6-4-14-8-5(16(6)15)2-3-13-8/h2-4,13H,1H3. The first-order valence-electron chi connectivity index (χ1n) is 4.57. The molecule has 0 saturated heterocycles. The third kappa shape index (κ3) is 0.971. The van der Waals surface area contributed by atoms with Gasteiger partial charge in [-0.25, -0.2) is 9.50 Å². The average molecular weight is 228 g/mol. The molecule has 3 aromatic heterocycles. The summed E-state index contributed by atoms with van der Waals surface area (Å²) in [5.41, 5.74) is 0.620. The van der Waals surface area contributed by atoms with Crippen LogP contribution in [-0.2, 0) is 13.2 Å². The summed E-state index contributed by atoms with van der Waals surface area (Å²) in [5.74, 6) is 0. The van der Waals surface area contributed by atoms with Gasteiger partial charge in [-0.1, -0.05) is 0 Å². The van der Waals surface area contributed by atoms with Crippen molar-refractivity contribution in [2.75, 3.05) is 0 Å². The molecule has 0 aliphatic rings. The number of H-pyrrole nitrogens is 1. The number of aromatic amines is 1. The average Bonchev–Trinajstić information content (AvgIpc) is 2.59. The molecule has 0 radical (unpaired) electrons. The van der Waals surface area contributed by atoms with E-state index in [0.29, 0.717) is 11.2 Å². The smallest absolute Gasteiger partial charge is 0.345 e. The van der Waals surface area contributed by atoms with Gasteiger partial charge in [0, 0.05) is 13.2 Å². The summed E-state index contributed by atoms with van der Waals surface area (Å²) < 4.78 is 40.4. The molecular formula is C9H7F3N4. The summed E-state index contributed by atoms with van der Waals surface area (Å²) >= 11 is 0. The molecule has 0 aliphatic heterocycles.